The van der Waals surface area contributed by atoms with Crippen molar-refractivity contribution in [2.45, 2.75) is 0 Å². The lowest BCUT2D eigenvalue weighted by molar-refractivity contribution is -0.111. The van der Waals surface area contributed by atoms with E-state index in [4.69, 9.17) is 0 Å². The van der Waals surface area contributed by atoms with Crippen molar-refractivity contribution in [3.05, 3.63) is 115 Å². The molecule has 9 nitrogen and oxygen atoms in total. The molecule has 0 aliphatic carbocycles. The number of hydrogen-bond acceptors (Lipinski definition) is 6. The fourth-order valence-corrected chi connectivity index (χ4v) is 4.17. The van der Waals surface area contributed by atoms with E-state index in [1.54, 1.807) is 83.7 Å². The first kappa shape index (κ1) is 27.2. The van der Waals surface area contributed by atoms with Crippen LogP contribution < -0.4 is 16.0 Å². The fourth-order valence-electron chi connectivity index (χ4n) is 4.17. The smallest absolute Gasteiger partial charge is 0.255 e. The lowest BCUT2D eigenvalue weighted by Crippen LogP contribution is -2.14. The second kappa shape index (κ2) is 12.2. The minimum atomic E-state index is -0.327. The monoisotopic (exact) mass is 549 g/mol. The molecule has 0 unspecified atom stereocenters. The van der Waals surface area contributed by atoms with Crippen LogP contribution in [0.15, 0.2) is 103 Å². The molecule has 0 spiro atoms. The molecule has 2 amide bonds. The van der Waals surface area contributed by atoms with E-state index in [1.165, 1.54) is 12.1 Å². The summed E-state index contributed by atoms with van der Waals surface area (Å²) in [5.74, 6) is 0.0229. The van der Waals surface area contributed by atoms with Crippen LogP contribution in [0.4, 0.5) is 27.4 Å². The van der Waals surface area contributed by atoms with Gasteiger partial charge in [0.15, 0.2) is 0 Å². The number of rotatable bonds is 9. The van der Waals surface area contributed by atoms with Crippen LogP contribution >= 0.6 is 0 Å². The highest BCUT2D eigenvalue weighted by Gasteiger charge is 2.11. The molecule has 3 N–H and O–H groups in total. The van der Waals surface area contributed by atoms with Crippen LogP contribution in [0.1, 0.15) is 10.4 Å². The van der Waals surface area contributed by atoms with E-state index >= 15 is 0 Å². The summed E-state index contributed by atoms with van der Waals surface area (Å²) in [4.78, 5) is 35.9. The normalized spacial score (nSPS) is 11.2. The van der Waals surface area contributed by atoms with E-state index in [0.717, 1.165) is 0 Å². The first-order valence-electron chi connectivity index (χ1n) is 12.9. The Morgan fingerprint density at radius 3 is 2.51 bits per heavy atom. The summed E-state index contributed by atoms with van der Waals surface area (Å²) < 4.78 is 15.9. The standard InChI is InChI=1S/C31H28FN7O2/c1-38(2)17-6-13-29(40)34-22-8-3-7-21(19-22)30(41)35-23-9-4-10-24(20-23)36-31-33-16-14-28(37-31)39-18-15-25-26(32)11-5-12-27(25)39/h3-16,18-20H,17H2,1-2H3,(H,34,40)(H,35,41)(H,33,36,37). The van der Waals surface area contributed by atoms with Crippen LogP contribution in [0.25, 0.3) is 16.7 Å². The van der Waals surface area contributed by atoms with Crippen molar-refractivity contribution in [3.8, 4) is 5.82 Å². The fraction of sp³-hybridized carbons (Fsp3) is 0.0968. The van der Waals surface area contributed by atoms with E-state index in [0.29, 0.717) is 51.8 Å². The van der Waals surface area contributed by atoms with Gasteiger partial charge in [0.05, 0.1) is 5.52 Å². The molecule has 10 heteroatoms. The first-order valence-corrected chi connectivity index (χ1v) is 12.9. The topological polar surface area (TPSA) is 104 Å². The second-order valence-corrected chi connectivity index (χ2v) is 9.49. The minimum absolute atomic E-state index is 0.272. The molecule has 206 valence electrons. The summed E-state index contributed by atoms with van der Waals surface area (Å²) in [6, 6.07) is 22.2. The van der Waals surface area contributed by atoms with Crippen molar-refractivity contribution in [1.29, 1.82) is 0 Å². The summed E-state index contributed by atoms with van der Waals surface area (Å²) in [6.45, 7) is 0.646. The molecular formula is C31H28FN7O2. The lowest BCUT2D eigenvalue weighted by atomic mass is 10.1. The number of nitrogens with one attached hydrogen (secondary N) is 3. The number of halogens is 1. The van der Waals surface area contributed by atoms with Gasteiger partial charge in [0.1, 0.15) is 11.6 Å². The van der Waals surface area contributed by atoms with Gasteiger partial charge in [0.2, 0.25) is 11.9 Å². The Kier molecular flexibility index (Phi) is 8.12. The third kappa shape index (κ3) is 6.81. The van der Waals surface area contributed by atoms with E-state index in [-0.39, 0.29) is 17.6 Å². The van der Waals surface area contributed by atoms with E-state index in [9.17, 15) is 14.0 Å². The molecule has 0 bridgehead atoms. The van der Waals surface area contributed by atoms with Crippen LogP contribution in [0, 0.1) is 5.82 Å². The van der Waals surface area contributed by atoms with Gasteiger partial charge in [-0.2, -0.15) is 4.98 Å². The number of hydrogen-bond donors (Lipinski definition) is 3. The Hall–Kier alpha value is -5.35. The molecule has 0 saturated carbocycles. The van der Waals surface area contributed by atoms with Crippen molar-refractivity contribution < 1.29 is 14.0 Å². The highest BCUT2D eigenvalue weighted by Crippen LogP contribution is 2.24. The van der Waals surface area contributed by atoms with Crippen molar-refractivity contribution in [3.63, 3.8) is 0 Å². The molecule has 0 atom stereocenters. The summed E-state index contributed by atoms with van der Waals surface area (Å²) in [5.41, 5.74) is 2.83. The molecular weight excluding hydrogens is 521 g/mol. The van der Waals surface area contributed by atoms with Crippen molar-refractivity contribution in [2.24, 2.45) is 0 Å². The molecule has 2 heterocycles. The number of amides is 2. The maximum absolute atomic E-state index is 14.1. The van der Waals surface area contributed by atoms with Gasteiger partial charge in [-0.3, -0.25) is 9.59 Å². The van der Waals surface area contributed by atoms with Gasteiger partial charge in [-0.25, -0.2) is 9.37 Å². The third-order valence-electron chi connectivity index (χ3n) is 6.08. The molecule has 5 aromatic rings. The first-order chi connectivity index (χ1) is 19.9. The van der Waals surface area contributed by atoms with E-state index in [2.05, 4.69) is 25.9 Å². The number of aromatic nitrogens is 3. The molecule has 0 aliphatic heterocycles. The van der Waals surface area contributed by atoms with Crippen LogP contribution in [0.5, 0.6) is 0 Å². The summed E-state index contributed by atoms with van der Waals surface area (Å²) in [6.07, 6.45) is 6.60. The molecule has 2 aromatic heterocycles. The quantitative estimate of drug-likeness (QED) is 0.207. The van der Waals surface area contributed by atoms with Crippen LogP contribution in [-0.2, 0) is 4.79 Å². The van der Waals surface area contributed by atoms with Crippen LogP contribution in [-0.4, -0.2) is 51.9 Å². The minimum Gasteiger partial charge on any atom is -0.324 e. The largest absolute Gasteiger partial charge is 0.324 e. The summed E-state index contributed by atoms with van der Waals surface area (Å²) >= 11 is 0. The third-order valence-corrected chi connectivity index (χ3v) is 6.08. The maximum atomic E-state index is 14.1. The lowest BCUT2D eigenvalue weighted by Gasteiger charge is -2.11. The average Bonchev–Trinajstić information content (AvgIpc) is 3.39. The molecule has 0 radical (unpaired) electrons. The molecule has 0 saturated heterocycles. The number of carbonyl (C=O) groups excluding carboxylic acids is 2. The molecule has 41 heavy (non-hydrogen) atoms. The van der Waals surface area contributed by atoms with E-state index < -0.39 is 0 Å². The van der Waals surface area contributed by atoms with Gasteiger partial charge in [0, 0.05) is 53.0 Å². The number of fused-ring (bicyclic) bond motifs is 1. The Morgan fingerprint density at radius 1 is 0.927 bits per heavy atom. The summed E-state index contributed by atoms with van der Waals surface area (Å²) in [7, 11) is 3.83. The Balaban J connectivity index is 1.26. The van der Waals surface area contributed by atoms with Gasteiger partial charge in [-0.15, -0.1) is 0 Å². The SMILES string of the molecule is CN(C)CC=CC(=O)Nc1cccc(C(=O)Nc2cccc(Nc3nccc(-n4ccc5c(F)cccc54)n3)c2)c1. The highest BCUT2D eigenvalue weighted by atomic mass is 19.1. The zero-order valence-electron chi connectivity index (χ0n) is 22.5. The van der Waals surface area contributed by atoms with E-state index in [1.807, 2.05) is 31.1 Å². The zero-order valence-corrected chi connectivity index (χ0v) is 22.5. The number of anilines is 4. The van der Waals surface area contributed by atoms with Crippen LogP contribution in [0.2, 0.25) is 0 Å². The van der Waals surface area contributed by atoms with Crippen LogP contribution in [0.3, 0.4) is 0 Å². The maximum Gasteiger partial charge on any atom is 0.255 e. The molecule has 0 aliphatic rings. The predicted octanol–water partition coefficient (Wildman–Crippen LogP) is 5.61. The number of benzene rings is 3. The predicted molar refractivity (Wildman–Crippen MR) is 159 cm³/mol. The average molecular weight is 550 g/mol. The van der Waals surface area contributed by atoms with Gasteiger partial charge < -0.3 is 25.4 Å². The van der Waals surface area contributed by atoms with Crippen molar-refractivity contribution >= 4 is 45.7 Å². The summed E-state index contributed by atoms with van der Waals surface area (Å²) in [5, 5.41) is 9.31. The van der Waals surface area contributed by atoms with Gasteiger partial charge in [-0.05, 0) is 74.8 Å². The number of carbonyl (C=O) groups is 2. The van der Waals surface area contributed by atoms with Gasteiger partial charge in [-0.1, -0.05) is 24.3 Å². The zero-order chi connectivity index (χ0) is 28.8. The number of likely N-dealkylation sites (N-methyl/N-ethyl adjacent to an activating group) is 1. The van der Waals surface area contributed by atoms with Crippen molar-refractivity contribution in [2.75, 3.05) is 36.6 Å². The number of nitrogens with zero attached hydrogens (tertiary/aromatic N) is 4. The Morgan fingerprint density at radius 2 is 1.68 bits per heavy atom. The molecule has 0 fully saturated rings. The second-order valence-electron chi connectivity index (χ2n) is 9.49. The molecule has 3 aromatic carbocycles. The Bertz CT molecular complexity index is 1750. The van der Waals surface area contributed by atoms with Gasteiger partial charge >= 0.3 is 0 Å². The Labute approximate surface area is 236 Å². The molecule has 5 rings (SSSR count). The van der Waals surface area contributed by atoms with Crippen molar-refractivity contribution in [1.82, 2.24) is 19.4 Å². The van der Waals surface area contributed by atoms with Gasteiger partial charge in [0.25, 0.3) is 5.91 Å². The highest BCUT2D eigenvalue weighted by molar-refractivity contribution is 6.06.